The van der Waals surface area contributed by atoms with Gasteiger partial charge in [0.1, 0.15) is 12.4 Å². The van der Waals surface area contributed by atoms with Crippen molar-refractivity contribution < 1.29 is 19.4 Å². The van der Waals surface area contributed by atoms with Crippen molar-refractivity contribution in [2.24, 2.45) is 0 Å². The zero-order valence-corrected chi connectivity index (χ0v) is 17.4. The van der Waals surface area contributed by atoms with Gasteiger partial charge in [-0.25, -0.2) is 4.79 Å². The van der Waals surface area contributed by atoms with Gasteiger partial charge in [-0.05, 0) is 52.6 Å². The standard InChI is InChI=1S/C25H22O4S/c1-28-22(25(26)27)16-17-10-12-18(13-11-17)29-15-14-19-20-6-2-4-8-23(20)30-24-9-5-3-7-21(19)24/h2-14,22H,15-16H2,1H3,(H,26,27). The minimum atomic E-state index is -0.962. The number of methoxy groups -OCH3 is 1. The Morgan fingerprint density at radius 3 is 2.13 bits per heavy atom. The molecule has 0 fully saturated rings. The van der Waals surface area contributed by atoms with Gasteiger partial charge >= 0.3 is 5.97 Å². The molecule has 1 heterocycles. The van der Waals surface area contributed by atoms with Crippen LogP contribution in [0.4, 0.5) is 0 Å². The number of hydrogen-bond donors (Lipinski definition) is 1. The monoisotopic (exact) mass is 418 g/mol. The van der Waals surface area contributed by atoms with E-state index in [0.717, 1.165) is 11.3 Å². The molecule has 30 heavy (non-hydrogen) atoms. The summed E-state index contributed by atoms with van der Waals surface area (Å²) in [5, 5.41) is 9.11. The Morgan fingerprint density at radius 2 is 1.57 bits per heavy atom. The number of carboxylic acids is 1. The van der Waals surface area contributed by atoms with Gasteiger partial charge < -0.3 is 14.6 Å². The maximum absolute atomic E-state index is 11.1. The fraction of sp³-hybridized carbons (Fsp3) is 0.160. The lowest BCUT2D eigenvalue weighted by Gasteiger charge is -2.22. The van der Waals surface area contributed by atoms with E-state index in [4.69, 9.17) is 14.6 Å². The Kier molecular flexibility index (Phi) is 6.21. The fourth-order valence-corrected chi connectivity index (χ4v) is 4.57. The van der Waals surface area contributed by atoms with Crippen molar-refractivity contribution in [1.82, 2.24) is 0 Å². The summed E-state index contributed by atoms with van der Waals surface area (Å²) in [6, 6.07) is 24.3. The Labute approximate surface area is 180 Å². The molecule has 0 aromatic heterocycles. The lowest BCUT2D eigenvalue weighted by atomic mass is 9.97. The summed E-state index contributed by atoms with van der Waals surface area (Å²) in [5.74, 6) is -0.220. The van der Waals surface area contributed by atoms with E-state index in [-0.39, 0.29) is 0 Å². The number of ether oxygens (including phenoxy) is 2. The van der Waals surface area contributed by atoms with Gasteiger partial charge in [-0.1, -0.05) is 60.3 Å². The molecule has 4 rings (SSSR count). The maximum atomic E-state index is 11.1. The first-order chi connectivity index (χ1) is 14.7. The molecule has 0 radical (unpaired) electrons. The molecule has 3 aromatic carbocycles. The van der Waals surface area contributed by atoms with Gasteiger partial charge in [0.15, 0.2) is 6.10 Å². The van der Waals surface area contributed by atoms with Gasteiger partial charge in [-0.3, -0.25) is 0 Å². The third-order valence-electron chi connectivity index (χ3n) is 5.02. The molecule has 0 amide bonds. The SMILES string of the molecule is COC(Cc1ccc(OCC=C2c3ccccc3Sc3ccccc32)cc1)C(=O)O. The zero-order valence-electron chi connectivity index (χ0n) is 16.6. The Morgan fingerprint density at radius 1 is 0.967 bits per heavy atom. The Bertz CT molecular complexity index is 1030. The van der Waals surface area contributed by atoms with Crippen LogP contribution in [0, 0.1) is 0 Å². The number of benzene rings is 3. The van der Waals surface area contributed by atoms with Crippen molar-refractivity contribution in [3.05, 3.63) is 95.6 Å². The van der Waals surface area contributed by atoms with Crippen LogP contribution in [0.15, 0.2) is 88.7 Å². The molecule has 0 bridgehead atoms. The quantitative estimate of drug-likeness (QED) is 0.441. The summed E-state index contributed by atoms with van der Waals surface area (Å²) in [5.41, 5.74) is 4.52. The third-order valence-corrected chi connectivity index (χ3v) is 6.17. The van der Waals surface area contributed by atoms with Gasteiger partial charge in [-0.15, -0.1) is 0 Å². The van der Waals surface area contributed by atoms with Crippen molar-refractivity contribution in [2.75, 3.05) is 13.7 Å². The first-order valence-electron chi connectivity index (χ1n) is 9.70. The minimum absolute atomic E-state index is 0.321. The Hall–Kier alpha value is -3.02. The minimum Gasteiger partial charge on any atom is -0.490 e. The predicted molar refractivity (Wildman–Crippen MR) is 118 cm³/mol. The average Bonchev–Trinajstić information content (AvgIpc) is 2.77. The lowest BCUT2D eigenvalue weighted by molar-refractivity contribution is -0.148. The van der Waals surface area contributed by atoms with E-state index in [2.05, 4.69) is 54.6 Å². The molecule has 1 aliphatic rings. The van der Waals surface area contributed by atoms with Crippen LogP contribution in [0.2, 0.25) is 0 Å². The summed E-state index contributed by atoms with van der Waals surface area (Å²) in [7, 11) is 1.41. The third kappa shape index (κ3) is 4.42. The summed E-state index contributed by atoms with van der Waals surface area (Å²) in [4.78, 5) is 13.6. The molecule has 1 atom stereocenters. The molecule has 1 unspecified atom stereocenters. The van der Waals surface area contributed by atoms with Crippen LogP contribution >= 0.6 is 11.8 Å². The van der Waals surface area contributed by atoms with E-state index >= 15 is 0 Å². The normalized spacial score (nSPS) is 13.2. The van der Waals surface area contributed by atoms with Crippen LogP contribution < -0.4 is 4.74 Å². The number of aliphatic carboxylic acids is 1. The van der Waals surface area contributed by atoms with Gasteiger partial charge in [0.05, 0.1) is 0 Å². The highest BCUT2D eigenvalue weighted by atomic mass is 32.2. The van der Waals surface area contributed by atoms with Crippen LogP contribution in [-0.4, -0.2) is 30.9 Å². The first-order valence-corrected chi connectivity index (χ1v) is 10.5. The summed E-state index contributed by atoms with van der Waals surface area (Å²) < 4.78 is 10.9. The molecule has 0 aliphatic carbocycles. The molecule has 4 nitrogen and oxygen atoms in total. The van der Waals surface area contributed by atoms with E-state index < -0.39 is 12.1 Å². The highest BCUT2D eigenvalue weighted by Crippen LogP contribution is 2.44. The zero-order chi connectivity index (χ0) is 20.9. The highest BCUT2D eigenvalue weighted by Gasteiger charge is 2.20. The number of carboxylic acid groups (broad SMARTS) is 1. The summed E-state index contributed by atoms with van der Waals surface area (Å²) in [6.07, 6.45) is 1.60. The van der Waals surface area contributed by atoms with Gasteiger partial charge in [0.2, 0.25) is 0 Å². The molecule has 152 valence electrons. The van der Waals surface area contributed by atoms with E-state index in [1.54, 1.807) is 11.8 Å². The molecule has 0 saturated carbocycles. The fourth-order valence-electron chi connectivity index (χ4n) is 3.47. The largest absolute Gasteiger partial charge is 0.490 e. The number of carbonyl (C=O) groups is 1. The van der Waals surface area contributed by atoms with Gasteiger partial charge in [0.25, 0.3) is 0 Å². The molecule has 0 saturated heterocycles. The topological polar surface area (TPSA) is 55.8 Å². The van der Waals surface area contributed by atoms with Crippen LogP contribution in [-0.2, 0) is 16.0 Å². The summed E-state index contributed by atoms with van der Waals surface area (Å²) in [6.45, 7) is 0.442. The highest BCUT2D eigenvalue weighted by molar-refractivity contribution is 7.99. The van der Waals surface area contributed by atoms with E-state index in [1.807, 2.05) is 24.3 Å². The molecular formula is C25H22O4S. The second-order valence-corrected chi connectivity index (χ2v) is 8.02. The summed E-state index contributed by atoms with van der Waals surface area (Å²) >= 11 is 1.79. The first kappa shape index (κ1) is 20.3. The second kappa shape index (κ2) is 9.20. The van der Waals surface area contributed by atoms with Gasteiger partial charge in [0, 0.05) is 23.3 Å². The maximum Gasteiger partial charge on any atom is 0.333 e. The number of hydrogen-bond acceptors (Lipinski definition) is 4. The van der Waals surface area contributed by atoms with Crippen molar-refractivity contribution in [3.8, 4) is 5.75 Å². The van der Waals surface area contributed by atoms with Gasteiger partial charge in [-0.2, -0.15) is 0 Å². The van der Waals surface area contributed by atoms with Crippen LogP contribution in [0.25, 0.3) is 5.57 Å². The van der Waals surface area contributed by atoms with Crippen LogP contribution in [0.3, 0.4) is 0 Å². The van der Waals surface area contributed by atoms with Crippen LogP contribution in [0.1, 0.15) is 16.7 Å². The number of fused-ring (bicyclic) bond motifs is 2. The van der Waals surface area contributed by atoms with Crippen molar-refractivity contribution >= 4 is 23.3 Å². The van der Waals surface area contributed by atoms with E-state index in [1.165, 1.54) is 33.6 Å². The lowest BCUT2D eigenvalue weighted by Crippen LogP contribution is -2.24. The molecule has 0 spiro atoms. The second-order valence-electron chi connectivity index (χ2n) is 6.93. The smallest absolute Gasteiger partial charge is 0.333 e. The van der Waals surface area contributed by atoms with E-state index in [9.17, 15) is 4.79 Å². The molecule has 3 aromatic rings. The average molecular weight is 419 g/mol. The molecule has 5 heteroatoms. The molecule has 1 N–H and O–H groups in total. The molecular weight excluding hydrogens is 396 g/mol. The number of rotatable bonds is 7. The van der Waals surface area contributed by atoms with E-state index in [0.29, 0.717) is 13.0 Å². The predicted octanol–water partition coefficient (Wildman–Crippen LogP) is 5.30. The Balaban J connectivity index is 1.48. The van der Waals surface area contributed by atoms with Crippen molar-refractivity contribution in [1.29, 1.82) is 0 Å². The molecule has 1 aliphatic heterocycles. The van der Waals surface area contributed by atoms with Crippen molar-refractivity contribution in [3.63, 3.8) is 0 Å². The van der Waals surface area contributed by atoms with Crippen LogP contribution in [0.5, 0.6) is 5.75 Å². The van der Waals surface area contributed by atoms with Crippen molar-refractivity contribution in [2.45, 2.75) is 22.3 Å².